The summed E-state index contributed by atoms with van der Waals surface area (Å²) in [7, 11) is 1.82. The third-order valence-corrected chi connectivity index (χ3v) is 5.11. The van der Waals surface area contributed by atoms with E-state index in [0.29, 0.717) is 13.2 Å². The maximum Gasteiger partial charge on any atom is 0.264 e. The summed E-state index contributed by atoms with van der Waals surface area (Å²) in [6.45, 7) is 5.88. The molecule has 0 N–H and O–H groups in total. The topological polar surface area (TPSA) is 47.4 Å². The molecule has 5 nitrogen and oxygen atoms in total. The third kappa shape index (κ3) is 4.32. The molecule has 0 aliphatic rings. The first-order valence-electron chi connectivity index (χ1n) is 8.60. The summed E-state index contributed by atoms with van der Waals surface area (Å²) < 4.78 is 7.69. The van der Waals surface area contributed by atoms with Crippen LogP contribution in [-0.2, 0) is 19.7 Å². The molecule has 0 bridgehead atoms. The van der Waals surface area contributed by atoms with Crippen LogP contribution in [0.1, 0.15) is 33.4 Å². The highest BCUT2D eigenvalue weighted by Crippen LogP contribution is 2.20. The molecule has 2 heterocycles. The molecule has 0 radical (unpaired) electrons. The fraction of sp³-hybridized carbons (Fsp3) is 0.300. The van der Waals surface area contributed by atoms with Crippen LogP contribution in [0.2, 0.25) is 0 Å². The van der Waals surface area contributed by atoms with Crippen LogP contribution in [0.3, 0.4) is 0 Å². The Kier molecular flexibility index (Phi) is 5.73. The second-order valence-corrected chi connectivity index (χ2v) is 7.13. The first kappa shape index (κ1) is 18.2. The molecule has 0 atom stereocenters. The number of hydrogen-bond donors (Lipinski definition) is 0. The van der Waals surface area contributed by atoms with Crippen molar-refractivity contribution in [2.45, 2.75) is 33.5 Å². The summed E-state index contributed by atoms with van der Waals surface area (Å²) in [5.74, 6) is 0.847. The van der Waals surface area contributed by atoms with Gasteiger partial charge in [-0.2, -0.15) is 5.10 Å². The average Bonchev–Trinajstić information content (AvgIpc) is 3.29. The Hall–Kier alpha value is -2.60. The summed E-state index contributed by atoms with van der Waals surface area (Å²) in [6.07, 6.45) is 1.77. The van der Waals surface area contributed by atoms with Crippen molar-refractivity contribution < 1.29 is 9.53 Å². The SMILES string of the molecule is CCn1nccc1CN(C)C(=O)c1cc(COc2ccc(C)cc2)cs1. The lowest BCUT2D eigenvalue weighted by atomic mass is 10.2. The lowest BCUT2D eigenvalue weighted by Crippen LogP contribution is -2.26. The molecule has 0 saturated carbocycles. The van der Waals surface area contributed by atoms with Gasteiger partial charge in [0, 0.05) is 25.4 Å². The number of thiophene rings is 1. The van der Waals surface area contributed by atoms with E-state index in [9.17, 15) is 4.79 Å². The van der Waals surface area contributed by atoms with Crippen molar-refractivity contribution in [2.75, 3.05) is 7.05 Å². The number of benzene rings is 1. The van der Waals surface area contributed by atoms with E-state index in [0.717, 1.165) is 28.4 Å². The molecule has 1 aromatic carbocycles. The second-order valence-electron chi connectivity index (χ2n) is 6.22. The summed E-state index contributed by atoms with van der Waals surface area (Å²) in [5, 5.41) is 6.22. The van der Waals surface area contributed by atoms with Crippen LogP contribution in [0.4, 0.5) is 0 Å². The van der Waals surface area contributed by atoms with Gasteiger partial charge >= 0.3 is 0 Å². The minimum absolute atomic E-state index is 0.0143. The van der Waals surface area contributed by atoms with Crippen molar-refractivity contribution in [3.05, 3.63) is 69.7 Å². The maximum atomic E-state index is 12.7. The molecule has 0 unspecified atom stereocenters. The Morgan fingerprint density at radius 2 is 2.04 bits per heavy atom. The first-order chi connectivity index (χ1) is 12.6. The highest BCUT2D eigenvalue weighted by molar-refractivity contribution is 7.12. The van der Waals surface area contributed by atoms with Gasteiger partial charge in [-0.1, -0.05) is 17.7 Å². The van der Waals surface area contributed by atoms with Gasteiger partial charge in [-0.25, -0.2) is 0 Å². The monoisotopic (exact) mass is 369 g/mol. The van der Waals surface area contributed by atoms with E-state index in [1.54, 1.807) is 11.1 Å². The summed E-state index contributed by atoms with van der Waals surface area (Å²) >= 11 is 1.45. The zero-order chi connectivity index (χ0) is 18.5. The Labute approximate surface area is 157 Å². The minimum Gasteiger partial charge on any atom is -0.489 e. The number of rotatable bonds is 7. The second kappa shape index (κ2) is 8.19. The van der Waals surface area contributed by atoms with Crippen molar-refractivity contribution in [1.29, 1.82) is 0 Å². The molecule has 0 spiro atoms. The molecule has 0 aliphatic carbocycles. The summed E-state index contributed by atoms with van der Waals surface area (Å²) in [4.78, 5) is 15.1. The lowest BCUT2D eigenvalue weighted by molar-refractivity contribution is 0.0786. The normalized spacial score (nSPS) is 10.7. The predicted octanol–water partition coefficient (Wildman–Crippen LogP) is 4.12. The van der Waals surface area contributed by atoms with E-state index in [1.807, 2.05) is 67.4 Å². The van der Waals surface area contributed by atoms with Crippen LogP contribution in [0, 0.1) is 6.92 Å². The highest BCUT2D eigenvalue weighted by Gasteiger charge is 2.16. The van der Waals surface area contributed by atoms with Crippen LogP contribution in [0.25, 0.3) is 0 Å². The predicted molar refractivity (Wildman–Crippen MR) is 104 cm³/mol. The van der Waals surface area contributed by atoms with E-state index >= 15 is 0 Å². The van der Waals surface area contributed by atoms with Crippen molar-refractivity contribution in [3.63, 3.8) is 0 Å². The number of carbonyl (C=O) groups is 1. The van der Waals surface area contributed by atoms with Gasteiger partial charge in [0.1, 0.15) is 12.4 Å². The molecular weight excluding hydrogens is 346 g/mol. The zero-order valence-corrected chi connectivity index (χ0v) is 16.1. The highest BCUT2D eigenvalue weighted by atomic mass is 32.1. The van der Waals surface area contributed by atoms with E-state index in [4.69, 9.17) is 4.74 Å². The van der Waals surface area contributed by atoms with Crippen molar-refractivity contribution >= 4 is 17.2 Å². The van der Waals surface area contributed by atoms with Crippen molar-refractivity contribution in [3.8, 4) is 5.75 Å². The van der Waals surface area contributed by atoms with E-state index in [-0.39, 0.29) is 5.91 Å². The van der Waals surface area contributed by atoms with Gasteiger partial charge in [-0.15, -0.1) is 11.3 Å². The average molecular weight is 369 g/mol. The van der Waals surface area contributed by atoms with Gasteiger partial charge < -0.3 is 9.64 Å². The van der Waals surface area contributed by atoms with Crippen molar-refractivity contribution in [2.24, 2.45) is 0 Å². The van der Waals surface area contributed by atoms with Gasteiger partial charge in [-0.05, 0) is 43.5 Å². The molecule has 6 heteroatoms. The molecule has 3 rings (SSSR count). The standard InChI is InChI=1S/C20H23N3O2S/c1-4-23-17(9-10-21-23)12-22(3)20(24)19-11-16(14-26-19)13-25-18-7-5-15(2)6-8-18/h5-11,14H,4,12-13H2,1-3H3. The fourth-order valence-electron chi connectivity index (χ4n) is 2.65. The molecular formula is C20H23N3O2S. The molecule has 0 fully saturated rings. The van der Waals surface area contributed by atoms with E-state index < -0.39 is 0 Å². The smallest absolute Gasteiger partial charge is 0.264 e. The number of carbonyl (C=O) groups excluding carboxylic acids is 1. The van der Waals surface area contributed by atoms with Crippen LogP contribution in [0.15, 0.2) is 48.0 Å². The number of ether oxygens (including phenoxy) is 1. The van der Waals surface area contributed by atoms with Gasteiger partial charge in [0.2, 0.25) is 0 Å². The van der Waals surface area contributed by atoms with Crippen LogP contribution < -0.4 is 4.74 Å². The lowest BCUT2D eigenvalue weighted by Gasteiger charge is -2.16. The number of amides is 1. The van der Waals surface area contributed by atoms with Gasteiger partial charge in [0.25, 0.3) is 5.91 Å². The third-order valence-electron chi connectivity index (χ3n) is 4.14. The quantitative estimate of drug-likeness (QED) is 0.629. The molecule has 136 valence electrons. The van der Waals surface area contributed by atoms with Crippen LogP contribution >= 0.6 is 11.3 Å². The number of nitrogens with zero attached hydrogens (tertiary/aromatic N) is 3. The van der Waals surface area contributed by atoms with Crippen molar-refractivity contribution in [1.82, 2.24) is 14.7 Å². The fourth-order valence-corrected chi connectivity index (χ4v) is 3.54. The Balaban J connectivity index is 1.59. The summed E-state index contributed by atoms with van der Waals surface area (Å²) in [6, 6.07) is 11.8. The largest absolute Gasteiger partial charge is 0.489 e. The molecule has 3 aromatic rings. The Morgan fingerprint density at radius 1 is 1.27 bits per heavy atom. The molecule has 1 amide bonds. The Bertz CT molecular complexity index is 867. The van der Waals surface area contributed by atoms with Crippen LogP contribution in [0.5, 0.6) is 5.75 Å². The minimum atomic E-state index is 0.0143. The number of hydrogen-bond acceptors (Lipinski definition) is 4. The Morgan fingerprint density at radius 3 is 2.77 bits per heavy atom. The van der Waals surface area contributed by atoms with Gasteiger partial charge in [0.05, 0.1) is 17.1 Å². The van der Waals surface area contributed by atoms with E-state index in [2.05, 4.69) is 5.10 Å². The van der Waals surface area contributed by atoms with Gasteiger partial charge in [-0.3, -0.25) is 9.48 Å². The van der Waals surface area contributed by atoms with Gasteiger partial charge in [0.15, 0.2) is 0 Å². The zero-order valence-electron chi connectivity index (χ0n) is 15.3. The number of aromatic nitrogens is 2. The molecule has 0 aliphatic heterocycles. The molecule has 2 aromatic heterocycles. The summed E-state index contributed by atoms with van der Waals surface area (Å²) in [5.41, 5.74) is 3.24. The first-order valence-corrected chi connectivity index (χ1v) is 9.48. The van der Waals surface area contributed by atoms with Crippen LogP contribution in [-0.4, -0.2) is 27.6 Å². The maximum absolute atomic E-state index is 12.7. The van der Waals surface area contributed by atoms with E-state index in [1.165, 1.54) is 16.9 Å². The molecule has 26 heavy (non-hydrogen) atoms. The number of aryl methyl sites for hydroxylation is 2. The molecule has 0 saturated heterocycles.